The van der Waals surface area contributed by atoms with E-state index in [-0.39, 0.29) is 12.1 Å². The molecule has 0 bridgehead atoms. The normalized spacial score (nSPS) is 15.5. The molecule has 0 aliphatic rings. The fourth-order valence-electron chi connectivity index (χ4n) is 2.46. The van der Waals surface area contributed by atoms with Crippen molar-refractivity contribution in [2.45, 2.75) is 39.0 Å². The lowest BCUT2D eigenvalue weighted by Crippen LogP contribution is -2.34. The third-order valence-corrected chi connectivity index (χ3v) is 3.78. The zero-order valence-electron chi connectivity index (χ0n) is 12.9. The van der Waals surface area contributed by atoms with Crippen LogP contribution in [-0.4, -0.2) is 28.5 Å². The van der Waals surface area contributed by atoms with Crippen LogP contribution in [-0.2, 0) is 0 Å². The monoisotopic (exact) mass is 289 g/mol. The molecule has 0 saturated carbocycles. The van der Waals surface area contributed by atoms with Gasteiger partial charge in [0.25, 0.3) is 0 Å². The Morgan fingerprint density at radius 3 is 2.43 bits per heavy atom. The van der Waals surface area contributed by atoms with Crippen LogP contribution >= 0.6 is 0 Å². The molecule has 21 heavy (non-hydrogen) atoms. The summed E-state index contributed by atoms with van der Waals surface area (Å²) >= 11 is 0. The Labute approximate surface area is 125 Å². The maximum atomic E-state index is 10.4. The molecule has 0 amide bonds. The van der Waals surface area contributed by atoms with E-state index in [0.717, 1.165) is 22.6 Å². The number of rotatable bonds is 6. The van der Waals surface area contributed by atoms with Crippen LogP contribution in [0.25, 0.3) is 0 Å². The fourth-order valence-corrected chi connectivity index (χ4v) is 2.46. The highest BCUT2D eigenvalue weighted by Gasteiger charge is 2.20. The smallest absolute Gasteiger partial charge is 0.118 e. The molecule has 0 aliphatic carbocycles. The Hall–Kier alpha value is -1.85. The molecular weight excluding hydrogens is 266 g/mol. The number of nitrogens with zero attached hydrogens (tertiary/aromatic N) is 1. The standard InChI is InChI=1S/C16H23N3O2/c1-10(15-9-17-19-11(15)2)18-12(3)16(20)13-5-7-14(21-4)8-6-13/h5-10,12,16,18,20H,1-4H3,(H,17,19). The van der Waals surface area contributed by atoms with Crippen LogP contribution in [0.1, 0.15) is 42.8 Å². The van der Waals surface area contributed by atoms with Crippen molar-refractivity contribution in [1.29, 1.82) is 0 Å². The van der Waals surface area contributed by atoms with Gasteiger partial charge in [-0.15, -0.1) is 0 Å². The number of aromatic nitrogens is 2. The molecule has 3 unspecified atom stereocenters. The molecule has 114 valence electrons. The zero-order chi connectivity index (χ0) is 15.4. The average Bonchev–Trinajstić information content (AvgIpc) is 2.92. The summed E-state index contributed by atoms with van der Waals surface area (Å²) in [6.45, 7) is 6.03. The maximum Gasteiger partial charge on any atom is 0.118 e. The Morgan fingerprint density at radius 2 is 1.90 bits per heavy atom. The number of aliphatic hydroxyl groups excluding tert-OH is 1. The summed E-state index contributed by atoms with van der Waals surface area (Å²) in [5, 5.41) is 20.8. The van der Waals surface area contributed by atoms with E-state index in [1.165, 1.54) is 0 Å². The van der Waals surface area contributed by atoms with E-state index in [4.69, 9.17) is 4.74 Å². The molecule has 0 spiro atoms. The second-order valence-electron chi connectivity index (χ2n) is 5.35. The van der Waals surface area contributed by atoms with E-state index in [0.29, 0.717) is 0 Å². The Balaban J connectivity index is 2.01. The maximum absolute atomic E-state index is 10.4. The topological polar surface area (TPSA) is 70.2 Å². The number of methoxy groups -OCH3 is 1. The highest BCUT2D eigenvalue weighted by atomic mass is 16.5. The van der Waals surface area contributed by atoms with Crippen molar-refractivity contribution in [1.82, 2.24) is 15.5 Å². The van der Waals surface area contributed by atoms with Gasteiger partial charge in [-0.3, -0.25) is 5.10 Å². The minimum Gasteiger partial charge on any atom is -0.497 e. The highest BCUT2D eigenvalue weighted by molar-refractivity contribution is 5.29. The van der Waals surface area contributed by atoms with E-state index in [1.54, 1.807) is 7.11 Å². The molecule has 0 fully saturated rings. The zero-order valence-corrected chi connectivity index (χ0v) is 12.9. The van der Waals surface area contributed by atoms with Crippen LogP contribution in [0.15, 0.2) is 30.5 Å². The third kappa shape index (κ3) is 3.62. The first-order valence-electron chi connectivity index (χ1n) is 7.11. The van der Waals surface area contributed by atoms with E-state index in [2.05, 4.69) is 22.4 Å². The summed E-state index contributed by atoms with van der Waals surface area (Å²) in [5.74, 6) is 0.786. The molecule has 1 aromatic heterocycles. The lowest BCUT2D eigenvalue weighted by Gasteiger charge is -2.24. The summed E-state index contributed by atoms with van der Waals surface area (Å²) in [7, 11) is 1.63. The summed E-state index contributed by atoms with van der Waals surface area (Å²) in [5.41, 5.74) is 3.02. The lowest BCUT2D eigenvalue weighted by atomic mass is 10.0. The van der Waals surface area contributed by atoms with Crippen LogP contribution in [0.2, 0.25) is 0 Å². The van der Waals surface area contributed by atoms with Gasteiger partial charge in [-0.05, 0) is 38.5 Å². The molecule has 1 heterocycles. The first kappa shape index (κ1) is 15.5. The number of hydrogen-bond acceptors (Lipinski definition) is 4. The van der Waals surface area contributed by atoms with Crippen LogP contribution < -0.4 is 10.1 Å². The van der Waals surface area contributed by atoms with Gasteiger partial charge < -0.3 is 15.2 Å². The Bertz CT molecular complexity index is 565. The number of nitrogens with one attached hydrogen (secondary N) is 2. The number of hydrogen-bond donors (Lipinski definition) is 3. The van der Waals surface area contributed by atoms with Crippen LogP contribution in [0.5, 0.6) is 5.75 Å². The van der Waals surface area contributed by atoms with Gasteiger partial charge >= 0.3 is 0 Å². The molecule has 0 saturated heterocycles. The quantitative estimate of drug-likeness (QED) is 0.764. The van der Waals surface area contributed by atoms with E-state index >= 15 is 0 Å². The van der Waals surface area contributed by atoms with Crippen LogP contribution in [0, 0.1) is 6.92 Å². The molecular formula is C16H23N3O2. The van der Waals surface area contributed by atoms with Crippen LogP contribution in [0.4, 0.5) is 0 Å². The summed E-state index contributed by atoms with van der Waals surface area (Å²) in [4.78, 5) is 0. The van der Waals surface area contributed by atoms with E-state index in [1.807, 2.05) is 44.3 Å². The van der Waals surface area contributed by atoms with Gasteiger partial charge in [0.2, 0.25) is 0 Å². The molecule has 1 aromatic carbocycles. The molecule has 0 radical (unpaired) electrons. The van der Waals surface area contributed by atoms with Gasteiger partial charge in [0.1, 0.15) is 5.75 Å². The number of aliphatic hydroxyl groups is 1. The first-order valence-corrected chi connectivity index (χ1v) is 7.11. The molecule has 2 rings (SSSR count). The number of aryl methyl sites for hydroxylation is 1. The van der Waals surface area contributed by atoms with E-state index in [9.17, 15) is 5.11 Å². The minimum atomic E-state index is -0.578. The van der Waals surface area contributed by atoms with Gasteiger partial charge in [-0.2, -0.15) is 5.10 Å². The van der Waals surface area contributed by atoms with Gasteiger partial charge in [0.05, 0.1) is 19.4 Å². The Kier molecular flexibility index (Phi) is 4.98. The van der Waals surface area contributed by atoms with Crippen molar-refractivity contribution in [3.63, 3.8) is 0 Å². The SMILES string of the molecule is COc1ccc(C(O)C(C)NC(C)c2cn[nH]c2C)cc1. The number of aromatic amines is 1. The summed E-state index contributed by atoms with van der Waals surface area (Å²) < 4.78 is 5.13. The Morgan fingerprint density at radius 1 is 1.24 bits per heavy atom. The molecule has 3 N–H and O–H groups in total. The molecule has 3 atom stereocenters. The van der Waals surface area contributed by atoms with Crippen molar-refractivity contribution in [3.8, 4) is 5.75 Å². The van der Waals surface area contributed by atoms with Crippen molar-refractivity contribution >= 4 is 0 Å². The number of H-pyrrole nitrogens is 1. The van der Waals surface area contributed by atoms with Gasteiger partial charge in [-0.1, -0.05) is 12.1 Å². The second kappa shape index (κ2) is 6.74. The van der Waals surface area contributed by atoms with Crippen molar-refractivity contribution in [2.75, 3.05) is 7.11 Å². The van der Waals surface area contributed by atoms with Gasteiger partial charge in [0, 0.05) is 23.3 Å². The summed E-state index contributed by atoms with van der Waals surface area (Å²) in [6, 6.07) is 7.52. The minimum absolute atomic E-state index is 0.0808. The van der Waals surface area contributed by atoms with Crippen LogP contribution in [0.3, 0.4) is 0 Å². The van der Waals surface area contributed by atoms with E-state index < -0.39 is 6.10 Å². The number of ether oxygens (including phenoxy) is 1. The fraction of sp³-hybridized carbons (Fsp3) is 0.438. The largest absolute Gasteiger partial charge is 0.497 e. The molecule has 5 heteroatoms. The van der Waals surface area contributed by atoms with Crippen molar-refractivity contribution in [3.05, 3.63) is 47.3 Å². The molecule has 5 nitrogen and oxygen atoms in total. The van der Waals surface area contributed by atoms with Crippen molar-refractivity contribution in [2.24, 2.45) is 0 Å². The number of benzene rings is 1. The predicted molar refractivity (Wildman–Crippen MR) is 82.3 cm³/mol. The highest BCUT2D eigenvalue weighted by Crippen LogP contribution is 2.23. The third-order valence-electron chi connectivity index (χ3n) is 3.78. The molecule has 0 aliphatic heterocycles. The summed E-state index contributed by atoms with van der Waals surface area (Å²) in [6.07, 6.45) is 1.24. The first-order chi connectivity index (χ1) is 10.0. The van der Waals surface area contributed by atoms with Crippen molar-refractivity contribution < 1.29 is 9.84 Å². The van der Waals surface area contributed by atoms with Gasteiger partial charge in [-0.25, -0.2) is 0 Å². The average molecular weight is 289 g/mol. The lowest BCUT2D eigenvalue weighted by molar-refractivity contribution is 0.130. The predicted octanol–water partition coefficient (Wildman–Crippen LogP) is 2.50. The molecule has 2 aromatic rings. The van der Waals surface area contributed by atoms with Gasteiger partial charge in [0.15, 0.2) is 0 Å². The second-order valence-corrected chi connectivity index (χ2v) is 5.35.